The molecule has 2 N–H and O–H groups in total. The number of hydrogen-bond donors (Lipinski definition) is 1. The smallest absolute Gasteiger partial charge is 0.128 e. The van der Waals surface area contributed by atoms with Gasteiger partial charge in [-0.15, -0.1) is 11.3 Å². The van der Waals surface area contributed by atoms with Crippen LogP contribution in [0, 0.1) is 0 Å². The van der Waals surface area contributed by atoms with Crippen LogP contribution in [0.15, 0.2) is 36.4 Å². The van der Waals surface area contributed by atoms with E-state index in [0.717, 1.165) is 11.3 Å². The standard InChI is InChI=1S/C14H17NOS/c1-10(2)16-13-6-4-3-5-12(13)14-8-7-11(9-15)17-14/h3-8,10H,9,15H2,1-2H3. The summed E-state index contributed by atoms with van der Waals surface area (Å²) in [5.74, 6) is 0.938. The van der Waals surface area contributed by atoms with E-state index in [1.54, 1.807) is 11.3 Å². The molecule has 0 aliphatic heterocycles. The predicted octanol–water partition coefficient (Wildman–Crippen LogP) is 3.66. The van der Waals surface area contributed by atoms with Crippen molar-refractivity contribution >= 4 is 11.3 Å². The monoisotopic (exact) mass is 247 g/mol. The third-order valence-corrected chi connectivity index (χ3v) is 3.52. The molecule has 0 saturated heterocycles. The average molecular weight is 247 g/mol. The zero-order chi connectivity index (χ0) is 12.3. The topological polar surface area (TPSA) is 35.2 Å². The molecule has 0 saturated carbocycles. The first kappa shape index (κ1) is 12.1. The number of para-hydroxylation sites is 1. The van der Waals surface area contributed by atoms with Crippen LogP contribution in [0.4, 0.5) is 0 Å². The van der Waals surface area contributed by atoms with Crippen LogP contribution in [0.25, 0.3) is 10.4 Å². The second-order valence-corrected chi connectivity index (χ2v) is 5.30. The van der Waals surface area contributed by atoms with Crippen LogP contribution >= 0.6 is 11.3 Å². The first-order valence-electron chi connectivity index (χ1n) is 5.75. The highest BCUT2D eigenvalue weighted by Gasteiger charge is 2.09. The van der Waals surface area contributed by atoms with E-state index in [0.29, 0.717) is 6.54 Å². The van der Waals surface area contributed by atoms with Crippen LogP contribution in [-0.2, 0) is 6.54 Å². The molecule has 0 aliphatic carbocycles. The number of rotatable bonds is 4. The fourth-order valence-corrected chi connectivity index (χ4v) is 2.58. The highest BCUT2D eigenvalue weighted by atomic mass is 32.1. The maximum atomic E-state index is 5.82. The lowest BCUT2D eigenvalue weighted by atomic mass is 10.1. The Morgan fingerprint density at radius 1 is 1.18 bits per heavy atom. The Kier molecular flexibility index (Phi) is 3.82. The van der Waals surface area contributed by atoms with Crippen molar-refractivity contribution < 1.29 is 4.74 Å². The summed E-state index contributed by atoms with van der Waals surface area (Å²) in [5, 5.41) is 0. The number of thiophene rings is 1. The van der Waals surface area contributed by atoms with Crippen molar-refractivity contribution in [2.75, 3.05) is 0 Å². The summed E-state index contributed by atoms with van der Waals surface area (Å²) in [5.41, 5.74) is 6.78. The predicted molar refractivity (Wildman–Crippen MR) is 73.4 cm³/mol. The molecule has 0 atom stereocenters. The SMILES string of the molecule is CC(C)Oc1ccccc1-c1ccc(CN)s1. The van der Waals surface area contributed by atoms with Crippen molar-refractivity contribution in [3.63, 3.8) is 0 Å². The van der Waals surface area contributed by atoms with E-state index in [1.807, 2.05) is 32.0 Å². The Bertz CT molecular complexity index is 490. The lowest BCUT2D eigenvalue weighted by Crippen LogP contribution is -2.06. The summed E-state index contributed by atoms with van der Waals surface area (Å²) < 4.78 is 5.82. The maximum Gasteiger partial charge on any atom is 0.128 e. The van der Waals surface area contributed by atoms with Crippen LogP contribution in [0.2, 0.25) is 0 Å². The molecule has 1 aromatic carbocycles. The van der Waals surface area contributed by atoms with E-state index in [1.165, 1.54) is 9.75 Å². The molecule has 3 heteroatoms. The lowest BCUT2D eigenvalue weighted by molar-refractivity contribution is 0.243. The number of ether oxygens (including phenoxy) is 1. The van der Waals surface area contributed by atoms with Gasteiger partial charge in [-0.05, 0) is 38.1 Å². The van der Waals surface area contributed by atoms with E-state index >= 15 is 0 Å². The molecule has 0 amide bonds. The minimum absolute atomic E-state index is 0.185. The molecule has 1 heterocycles. The second kappa shape index (κ2) is 5.34. The minimum atomic E-state index is 0.185. The Morgan fingerprint density at radius 2 is 1.94 bits per heavy atom. The average Bonchev–Trinajstić information content (AvgIpc) is 2.77. The molecule has 2 rings (SSSR count). The summed E-state index contributed by atoms with van der Waals surface area (Å²) in [6.07, 6.45) is 0.185. The molecule has 90 valence electrons. The molecule has 0 aliphatic rings. The number of nitrogens with two attached hydrogens (primary N) is 1. The van der Waals surface area contributed by atoms with Gasteiger partial charge in [0.25, 0.3) is 0 Å². The van der Waals surface area contributed by atoms with Gasteiger partial charge < -0.3 is 10.5 Å². The van der Waals surface area contributed by atoms with Crippen LogP contribution in [0.1, 0.15) is 18.7 Å². The molecule has 0 unspecified atom stereocenters. The zero-order valence-electron chi connectivity index (χ0n) is 10.1. The van der Waals surface area contributed by atoms with Gasteiger partial charge in [-0.25, -0.2) is 0 Å². The highest BCUT2D eigenvalue weighted by molar-refractivity contribution is 7.15. The van der Waals surface area contributed by atoms with E-state index in [-0.39, 0.29) is 6.10 Å². The summed E-state index contributed by atoms with van der Waals surface area (Å²) >= 11 is 1.72. The quantitative estimate of drug-likeness (QED) is 0.894. The van der Waals surface area contributed by atoms with Crippen LogP contribution in [-0.4, -0.2) is 6.10 Å². The number of benzene rings is 1. The maximum absolute atomic E-state index is 5.82. The van der Waals surface area contributed by atoms with E-state index in [4.69, 9.17) is 10.5 Å². The van der Waals surface area contributed by atoms with Gasteiger partial charge in [0.05, 0.1) is 6.10 Å². The summed E-state index contributed by atoms with van der Waals surface area (Å²) in [6, 6.07) is 12.3. The largest absolute Gasteiger partial charge is 0.490 e. The normalized spacial score (nSPS) is 10.8. The summed E-state index contributed by atoms with van der Waals surface area (Å²) in [6.45, 7) is 4.67. The zero-order valence-corrected chi connectivity index (χ0v) is 11.0. The van der Waals surface area contributed by atoms with Crippen molar-refractivity contribution in [3.05, 3.63) is 41.3 Å². The molecular weight excluding hydrogens is 230 g/mol. The fourth-order valence-electron chi connectivity index (χ4n) is 1.66. The second-order valence-electron chi connectivity index (χ2n) is 4.13. The molecule has 0 radical (unpaired) electrons. The van der Waals surface area contributed by atoms with Gasteiger partial charge in [-0.3, -0.25) is 0 Å². The van der Waals surface area contributed by atoms with Gasteiger partial charge >= 0.3 is 0 Å². The molecule has 2 nitrogen and oxygen atoms in total. The fraction of sp³-hybridized carbons (Fsp3) is 0.286. The molecular formula is C14H17NOS. The Labute approximate surface area is 106 Å². The molecule has 2 aromatic rings. The van der Waals surface area contributed by atoms with Crippen molar-refractivity contribution in [2.45, 2.75) is 26.5 Å². The van der Waals surface area contributed by atoms with E-state index < -0.39 is 0 Å². The van der Waals surface area contributed by atoms with Crippen molar-refractivity contribution in [1.29, 1.82) is 0 Å². The van der Waals surface area contributed by atoms with Crippen molar-refractivity contribution in [2.24, 2.45) is 5.73 Å². The lowest BCUT2D eigenvalue weighted by Gasteiger charge is -2.13. The number of hydrogen-bond acceptors (Lipinski definition) is 3. The molecule has 0 bridgehead atoms. The Hall–Kier alpha value is -1.32. The molecule has 1 aromatic heterocycles. The first-order chi connectivity index (χ1) is 8.20. The van der Waals surface area contributed by atoms with Gasteiger partial charge in [0.1, 0.15) is 5.75 Å². The third kappa shape index (κ3) is 2.87. The van der Waals surface area contributed by atoms with Gasteiger partial charge in [-0.2, -0.15) is 0 Å². The minimum Gasteiger partial charge on any atom is -0.490 e. The van der Waals surface area contributed by atoms with Crippen molar-refractivity contribution in [3.8, 4) is 16.2 Å². The van der Waals surface area contributed by atoms with E-state index in [2.05, 4.69) is 18.2 Å². The summed E-state index contributed by atoms with van der Waals surface area (Å²) in [4.78, 5) is 2.40. The Morgan fingerprint density at radius 3 is 2.59 bits per heavy atom. The summed E-state index contributed by atoms with van der Waals surface area (Å²) in [7, 11) is 0. The van der Waals surface area contributed by atoms with Crippen molar-refractivity contribution in [1.82, 2.24) is 0 Å². The van der Waals surface area contributed by atoms with Crippen LogP contribution in [0.3, 0.4) is 0 Å². The van der Waals surface area contributed by atoms with Gasteiger partial charge in [-0.1, -0.05) is 12.1 Å². The molecule has 0 spiro atoms. The van der Waals surface area contributed by atoms with Crippen LogP contribution in [0.5, 0.6) is 5.75 Å². The molecule has 0 fully saturated rings. The highest BCUT2D eigenvalue weighted by Crippen LogP contribution is 2.35. The first-order valence-corrected chi connectivity index (χ1v) is 6.57. The van der Waals surface area contributed by atoms with Crippen LogP contribution < -0.4 is 10.5 Å². The van der Waals surface area contributed by atoms with Gasteiger partial charge in [0, 0.05) is 21.9 Å². The van der Waals surface area contributed by atoms with Gasteiger partial charge in [0.2, 0.25) is 0 Å². The van der Waals surface area contributed by atoms with E-state index in [9.17, 15) is 0 Å². The Balaban J connectivity index is 2.36. The third-order valence-electron chi connectivity index (χ3n) is 2.38. The molecule has 17 heavy (non-hydrogen) atoms. The van der Waals surface area contributed by atoms with Gasteiger partial charge in [0.15, 0.2) is 0 Å².